The second-order valence-electron chi connectivity index (χ2n) is 6.00. The summed E-state index contributed by atoms with van der Waals surface area (Å²) in [4.78, 5) is 10.0. The first-order chi connectivity index (χ1) is 9.47. The van der Waals surface area contributed by atoms with Crippen LogP contribution in [0, 0.1) is 27.8 Å². The molecular weight excluding hydrogens is 259 g/mol. The topological polar surface area (TPSA) is 55.2 Å². The average molecular weight is 280 g/mol. The lowest BCUT2D eigenvalue weighted by atomic mass is 9.80. The summed E-state index contributed by atoms with van der Waals surface area (Å²) in [5.41, 5.74) is -0.0836. The van der Waals surface area contributed by atoms with Crippen LogP contribution in [0.1, 0.15) is 38.7 Å². The van der Waals surface area contributed by atoms with E-state index in [0.29, 0.717) is 30.0 Å². The Balaban J connectivity index is 2.00. The number of nitro groups is 1. The Morgan fingerprint density at radius 3 is 2.55 bits per heavy atom. The van der Waals surface area contributed by atoms with E-state index in [1.54, 1.807) is 6.07 Å². The van der Waals surface area contributed by atoms with Crippen molar-refractivity contribution in [2.24, 2.45) is 11.8 Å². The van der Waals surface area contributed by atoms with Crippen LogP contribution in [0.15, 0.2) is 18.2 Å². The van der Waals surface area contributed by atoms with Gasteiger partial charge in [-0.25, -0.2) is 0 Å². The molecule has 1 saturated carbocycles. The minimum absolute atomic E-state index is 0.345. The van der Waals surface area contributed by atoms with E-state index in [-0.39, 0.29) is 0 Å². The van der Waals surface area contributed by atoms with E-state index < -0.39 is 16.4 Å². The molecule has 1 N–H and O–H groups in total. The van der Waals surface area contributed by atoms with Crippen LogP contribution < -0.4 is 5.32 Å². The molecule has 1 aromatic carbocycles. The van der Waals surface area contributed by atoms with E-state index in [0.717, 1.165) is 12.8 Å². The van der Waals surface area contributed by atoms with Gasteiger partial charge in [-0.05, 0) is 31.1 Å². The van der Waals surface area contributed by atoms with Crippen molar-refractivity contribution in [2.45, 2.75) is 45.7 Å². The van der Waals surface area contributed by atoms with Gasteiger partial charge in [0.1, 0.15) is 0 Å². The highest BCUT2D eigenvalue weighted by Gasteiger charge is 2.24. The van der Waals surface area contributed by atoms with Gasteiger partial charge in [-0.15, -0.1) is 0 Å². The van der Waals surface area contributed by atoms with Gasteiger partial charge in [0.05, 0.1) is 4.92 Å². The van der Waals surface area contributed by atoms with Crippen LogP contribution in [0.25, 0.3) is 0 Å². The van der Waals surface area contributed by atoms with E-state index in [9.17, 15) is 14.5 Å². The van der Waals surface area contributed by atoms with Gasteiger partial charge in [0.2, 0.25) is 5.82 Å². The lowest BCUT2D eigenvalue weighted by molar-refractivity contribution is -0.387. The summed E-state index contributed by atoms with van der Waals surface area (Å²) in [5, 5.41) is 14.1. The minimum atomic E-state index is -0.720. The van der Waals surface area contributed by atoms with Crippen LogP contribution in [0.4, 0.5) is 10.1 Å². The number of nitro benzene ring substituents is 1. The van der Waals surface area contributed by atoms with Gasteiger partial charge in [-0.2, -0.15) is 4.39 Å². The molecule has 2 unspecified atom stereocenters. The summed E-state index contributed by atoms with van der Waals surface area (Å²) in [6, 6.07) is 4.70. The quantitative estimate of drug-likeness (QED) is 0.676. The summed E-state index contributed by atoms with van der Waals surface area (Å²) in [6.07, 6.45) is 3.41. The Labute approximate surface area is 118 Å². The standard InChI is InChI=1S/C15H21FN2O2/c1-10-6-11(2)8-13(7-10)17-9-12-4-3-5-14(15(12)16)18(19)20/h3-5,10-11,13,17H,6-9H2,1-2H3. The van der Waals surface area contributed by atoms with Crippen LogP contribution >= 0.6 is 0 Å². The van der Waals surface area contributed by atoms with Gasteiger partial charge < -0.3 is 5.32 Å². The summed E-state index contributed by atoms with van der Waals surface area (Å²) in [5.74, 6) is 0.624. The Morgan fingerprint density at radius 2 is 1.95 bits per heavy atom. The monoisotopic (exact) mass is 280 g/mol. The number of nitrogens with zero attached hydrogens (tertiary/aromatic N) is 1. The number of hydrogen-bond donors (Lipinski definition) is 1. The molecule has 1 aliphatic rings. The molecule has 0 aliphatic heterocycles. The third kappa shape index (κ3) is 3.54. The van der Waals surface area contributed by atoms with Gasteiger partial charge >= 0.3 is 5.69 Å². The van der Waals surface area contributed by atoms with Crippen molar-refractivity contribution in [3.05, 3.63) is 39.7 Å². The molecule has 1 fully saturated rings. The number of benzene rings is 1. The lowest BCUT2D eigenvalue weighted by Gasteiger charge is -2.32. The highest BCUT2D eigenvalue weighted by atomic mass is 19.1. The fraction of sp³-hybridized carbons (Fsp3) is 0.600. The first kappa shape index (κ1) is 14.9. The van der Waals surface area contributed by atoms with E-state index in [1.807, 2.05) is 0 Å². The second kappa shape index (κ2) is 6.31. The molecule has 0 bridgehead atoms. The normalized spacial score (nSPS) is 26.4. The Bertz CT molecular complexity index is 483. The molecular formula is C15H21FN2O2. The second-order valence-corrected chi connectivity index (χ2v) is 6.00. The van der Waals surface area contributed by atoms with Crippen molar-refractivity contribution in [1.82, 2.24) is 5.32 Å². The molecule has 0 aromatic heterocycles. The molecule has 2 atom stereocenters. The zero-order valence-corrected chi connectivity index (χ0v) is 11.9. The largest absolute Gasteiger partial charge is 0.310 e. The van der Waals surface area contributed by atoms with Gasteiger partial charge in [-0.1, -0.05) is 26.0 Å². The highest BCUT2D eigenvalue weighted by Crippen LogP contribution is 2.29. The molecule has 5 heteroatoms. The van der Waals surface area contributed by atoms with Gasteiger partial charge in [-0.3, -0.25) is 10.1 Å². The average Bonchev–Trinajstić information content (AvgIpc) is 2.36. The van der Waals surface area contributed by atoms with Crippen molar-refractivity contribution in [3.63, 3.8) is 0 Å². The maximum atomic E-state index is 13.9. The number of rotatable bonds is 4. The first-order valence-corrected chi connectivity index (χ1v) is 7.12. The van der Waals surface area contributed by atoms with Crippen molar-refractivity contribution >= 4 is 5.69 Å². The smallest absolute Gasteiger partial charge is 0.305 e. The zero-order chi connectivity index (χ0) is 14.7. The molecule has 0 spiro atoms. The van der Waals surface area contributed by atoms with Crippen molar-refractivity contribution in [3.8, 4) is 0 Å². The van der Waals surface area contributed by atoms with Crippen LogP contribution in [-0.4, -0.2) is 11.0 Å². The fourth-order valence-corrected chi connectivity index (χ4v) is 3.21. The molecule has 110 valence electrons. The van der Waals surface area contributed by atoms with Crippen molar-refractivity contribution in [2.75, 3.05) is 0 Å². The molecule has 0 heterocycles. The number of halogens is 1. The Kier molecular flexibility index (Phi) is 4.70. The maximum Gasteiger partial charge on any atom is 0.305 e. The Hall–Kier alpha value is -1.49. The molecule has 0 radical (unpaired) electrons. The minimum Gasteiger partial charge on any atom is -0.310 e. The molecule has 1 aromatic rings. The molecule has 4 nitrogen and oxygen atoms in total. The summed E-state index contributed by atoms with van der Waals surface area (Å²) >= 11 is 0. The zero-order valence-electron chi connectivity index (χ0n) is 11.9. The number of hydrogen-bond acceptors (Lipinski definition) is 3. The van der Waals surface area contributed by atoms with E-state index in [1.165, 1.54) is 18.6 Å². The third-order valence-electron chi connectivity index (χ3n) is 4.01. The molecule has 2 rings (SSSR count). The summed E-state index contributed by atoms with van der Waals surface area (Å²) < 4.78 is 13.9. The summed E-state index contributed by atoms with van der Waals surface area (Å²) in [6.45, 7) is 4.81. The van der Waals surface area contributed by atoms with Gasteiger partial charge in [0.15, 0.2) is 0 Å². The van der Waals surface area contributed by atoms with E-state index in [2.05, 4.69) is 19.2 Å². The number of nitrogens with one attached hydrogen (secondary N) is 1. The van der Waals surface area contributed by atoms with Gasteiger partial charge in [0.25, 0.3) is 0 Å². The third-order valence-corrected chi connectivity index (χ3v) is 4.01. The van der Waals surface area contributed by atoms with Crippen LogP contribution in [0.3, 0.4) is 0 Å². The van der Waals surface area contributed by atoms with Crippen molar-refractivity contribution in [1.29, 1.82) is 0 Å². The molecule has 20 heavy (non-hydrogen) atoms. The molecule has 0 amide bonds. The molecule has 1 aliphatic carbocycles. The van der Waals surface area contributed by atoms with E-state index in [4.69, 9.17) is 0 Å². The molecule has 0 saturated heterocycles. The van der Waals surface area contributed by atoms with Crippen LogP contribution in [-0.2, 0) is 6.54 Å². The van der Waals surface area contributed by atoms with E-state index >= 15 is 0 Å². The predicted octanol–water partition coefficient (Wildman–Crippen LogP) is 3.65. The summed E-state index contributed by atoms with van der Waals surface area (Å²) in [7, 11) is 0. The van der Waals surface area contributed by atoms with Crippen LogP contribution in [0.2, 0.25) is 0 Å². The maximum absolute atomic E-state index is 13.9. The Morgan fingerprint density at radius 1 is 1.30 bits per heavy atom. The lowest BCUT2D eigenvalue weighted by Crippen LogP contribution is -2.36. The first-order valence-electron chi connectivity index (χ1n) is 7.12. The SMILES string of the molecule is CC1CC(C)CC(NCc2cccc([N+](=O)[O-])c2F)C1. The van der Waals surface area contributed by atoms with Crippen LogP contribution in [0.5, 0.6) is 0 Å². The predicted molar refractivity (Wildman–Crippen MR) is 75.9 cm³/mol. The highest BCUT2D eigenvalue weighted by molar-refractivity contribution is 5.36. The van der Waals surface area contributed by atoms with Gasteiger partial charge in [0, 0.05) is 24.2 Å². The fourth-order valence-electron chi connectivity index (χ4n) is 3.21. The van der Waals surface area contributed by atoms with Crippen molar-refractivity contribution < 1.29 is 9.31 Å².